The van der Waals surface area contributed by atoms with E-state index >= 15 is 0 Å². The standard InChI is InChI=1S/C24H34O7S2.2Na/c1-2-3-4-5-6-7-8-9-10-12-15-20-18-22(31-21-16-13-11-14-17-21)24(33(28,29)30)19-23(20)32(25,26)27;;/h11,13-14,16-19H,2-10,12,15H2,1H3,(H,25,26,27)(H,28,29,30);;/q;2*+1/p-2. The predicted molar refractivity (Wildman–Crippen MR) is 124 cm³/mol. The van der Waals surface area contributed by atoms with Crippen LogP contribution >= 0.6 is 0 Å². The molecule has 0 saturated carbocycles. The second-order valence-electron chi connectivity index (χ2n) is 8.16. The van der Waals surface area contributed by atoms with Gasteiger partial charge in [0.05, 0.1) is 9.79 Å². The zero-order valence-corrected chi connectivity index (χ0v) is 26.6. The van der Waals surface area contributed by atoms with E-state index in [4.69, 9.17) is 4.74 Å². The van der Waals surface area contributed by atoms with Crippen LogP contribution in [0.2, 0.25) is 0 Å². The Balaban J connectivity index is 0.00000578. The van der Waals surface area contributed by atoms with Gasteiger partial charge in [0.25, 0.3) is 0 Å². The van der Waals surface area contributed by atoms with Crippen LogP contribution in [0.15, 0.2) is 52.3 Å². The number of aryl methyl sites for hydroxylation is 1. The molecule has 0 amide bonds. The molecule has 0 bridgehead atoms. The average Bonchev–Trinajstić information content (AvgIpc) is 2.74. The molecule has 0 N–H and O–H groups in total. The Morgan fingerprint density at radius 3 is 1.66 bits per heavy atom. The Bertz CT molecular complexity index is 1090. The van der Waals surface area contributed by atoms with Crippen molar-refractivity contribution in [1.82, 2.24) is 0 Å². The summed E-state index contributed by atoms with van der Waals surface area (Å²) in [5, 5.41) is 0. The van der Waals surface area contributed by atoms with Crippen LogP contribution in [0.1, 0.15) is 76.7 Å². The first-order chi connectivity index (χ1) is 15.6. The van der Waals surface area contributed by atoms with Gasteiger partial charge >= 0.3 is 59.1 Å². The second kappa shape index (κ2) is 17.5. The number of unbranched alkanes of at least 4 members (excludes halogenated alkanes) is 9. The quantitative estimate of drug-likeness (QED) is 0.173. The molecule has 2 aromatic rings. The minimum absolute atomic E-state index is 0. The largest absolute Gasteiger partial charge is 1.00 e. The molecule has 0 aromatic heterocycles. The van der Waals surface area contributed by atoms with Crippen LogP contribution in [0.25, 0.3) is 0 Å². The third-order valence-electron chi connectivity index (χ3n) is 5.44. The molecule has 0 aliphatic rings. The summed E-state index contributed by atoms with van der Waals surface area (Å²) in [6.07, 6.45) is 11.2. The van der Waals surface area contributed by atoms with Gasteiger partial charge in [-0.25, -0.2) is 16.8 Å². The van der Waals surface area contributed by atoms with Crippen molar-refractivity contribution in [2.45, 2.75) is 87.3 Å². The van der Waals surface area contributed by atoms with E-state index in [2.05, 4.69) is 6.92 Å². The van der Waals surface area contributed by atoms with Crippen LogP contribution < -0.4 is 63.9 Å². The van der Waals surface area contributed by atoms with Crippen molar-refractivity contribution in [3.05, 3.63) is 48.0 Å². The smallest absolute Gasteiger partial charge is 0.744 e. The summed E-state index contributed by atoms with van der Waals surface area (Å²) >= 11 is 0. The summed E-state index contributed by atoms with van der Waals surface area (Å²) in [5.74, 6) is -0.00398. The van der Waals surface area contributed by atoms with Crippen LogP contribution in [-0.4, -0.2) is 25.9 Å². The van der Waals surface area contributed by atoms with Crippen LogP contribution in [0.4, 0.5) is 0 Å². The van der Waals surface area contributed by atoms with Gasteiger partial charge in [0.15, 0.2) is 0 Å². The summed E-state index contributed by atoms with van der Waals surface area (Å²) in [4.78, 5) is -1.55. The summed E-state index contributed by atoms with van der Waals surface area (Å²) in [6.45, 7) is 2.19. The molecule has 0 aliphatic carbocycles. The van der Waals surface area contributed by atoms with Gasteiger partial charge < -0.3 is 13.8 Å². The molecule has 184 valence electrons. The molecule has 11 heteroatoms. The first-order valence-electron chi connectivity index (χ1n) is 11.4. The topological polar surface area (TPSA) is 124 Å². The fourth-order valence-corrected chi connectivity index (χ4v) is 5.13. The predicted octanol–water partition coefficient (Wildman–Crippen LogP) is -0.241. The molecule has 2 rings (SSSR count). The van der Waals surface area contributed by atoms with Gasteiger partial charge in [-0.15, -0.1) is 0 Å². The van der Waals surface area contributed by atoms with Crippen LogP contribution in [-0.2, 0) is 26.7 Å². The minimum atomic E-state index is -5.08. The van der Waals surface area contributed by atoms with E-state index in [0.717, 1.165) is 25.7 Å². The molecule has 0 fully saturated rings. The maximum atomic E-state index is 11.8. The molecule has 0 saturated heterocycles. The molecule has 0 radical (unpaired) electrons. The van der Waals surface area contributed by atoms with Crippen molar-refractivity contribution in [2.24, 2.45) is 0 Å². The zero-order chi connectivity index (χ0) is 24.3. The van der Waals surface area contributed by atoms with Crippen molar-refractivity contribution >= 4 is 20.2 Å². The Labute approximate surface area is 254 Å². The third kappa shape index (κ3) is 12.9. The van der Waals surface area contributed by atoms with Crippen molar-refractivity contribution in [3.63, 3.8) is 0 Å². The fraction of sp³-hybridized carbons (Fsp3) is 0.500. The number of para-hydroxylation sites is 1. The number of hydrogen-bond donors (Lipinski definition) is 0. The maximum Gasteiger partial charge on any atom is 1.00 e. The summed E-state index contributed by atoms with van der Waals surface area (Å²) in [6, 6.07) is 10.0. The van der Waals surface area contributed by atoms with E-state index in [0.29, 0.717) is 12.5 Å². The van der Waals surface area contributed by atoms with Crippen molar-refractivity contribution in [3.8, 4) is 11.5 Å². The van der Waals surface area contributed by atoms with Crippen LogP contribution in [0, 0.1) is 0 Å². The van der Waals surface area contributed by atoms with Gasteiger partial charge in [-0.2, -0.15) is 0 Å². The molecule has 35 heavy (non-hydrogen) atoms. The molecule has 0 atom stereocenters. The van der Waals surface area contributed by atoms with E-state index < -0.39 is 30.0 Å². The van der Waals surface area contributed by atoms with Gasteiger partial charge in [0.2, 0.25) is 0 Å². The molecule has 0 aliphatic heterocycles. The van der Waals surface area contributed by atoms with Gasteiger partial charge in [-0.3, -0.25) is 0 Å². The van der Waals surface area contributed by atoms with E-state index in [1.54, 1.807) is 30.3 Å². The van der Waals surface area contributed by atoms with Crippen LogP contribution in [0.3, 0.4) is 0 Å². The van der Waals surface area contributed by atoms with E-state index in [1.165, 1.54) is 38.2 Å². The monoisotopic (exact) mass is 542 g/mol. The van der Waals surface area contributed by atoms with Gasteiger partial charge in [-0.05, 0) is 42.7 Å². The van der Waals surface area contributed by atoms with E-state index in [-0.39, 0.29) is 82.6 Å². The molecule has 0 spiro atoms. The Morgan fingerprint density at radius 1 is 0.686 bits per heavy atom. The summed E-state index contributed by atoms with van der Waals surface area (Å²) in [5.41, 5.74) is 0.155. The normalized spacial score (nSPS) is 11.4. The molecule has 7 nitrogen and oxygen atoms in total. The number of benzene rings is 2. The molecule has 2 aromatic carbocycles. The van der Waals surface area contributed by atoms with Crippen molar-refractivity contribution in [2.75, 3.05) is 0 Å². The molecule has 0 heterocycles. The minimum Gasteiger partial charge on any atom is -0.744 e. The third-order valence-corrected chi connectivity index (χ3v) is 7.21. The number of rotatable bonds is 15. The van der Waals surface area contributed by atoms with E-state index in [9.17, 15) is 25.9 Å². The van der Waals surface area contributed by atoms with E-state index in [1.807, 2.05) is 0 Å². The van der Waals surface area contributed by atoms with Crippen LogP contribution in [0.5, 0.6) is 11.5 Å². The second-order valence-corrected chi connectivity index (χ2v) is 10.9. The SMILES string of the molecule is CCCCCCCCCCCCc1cc(Oc2ccccc2)c(S(=O)(=O)[O-])cc1S(=O)(=O)[O-].[Na+].[Na+]. The Kier molecular flexibility index (Phi) is 17.6. The molecule has 0 unspecified atom stereocenters. The van der Waals surface area contributed by atoms with Gasteiger partial charge in [0.1, 0.15) is 31.7 Å². The van der Waals surface area contributed by atoms with Gasteiger partial charge in [-0.1, -0.05) is 82.9 Å². The van der Waals surface area contributed by atoms with Crippen molar-refractivity contribution in [1.29, 1.82) is 0 Å². The van der Waals surface area contributed by atoms with Gasteiger partial charge in [0, 0.05) is 0 Å². The summed E-state index contributed by atoms with van der Waals surface area (Å²) in [7, 11) is -10.1. The molecular formula is C24H32Na2O7S2. The summed E-state index contributed by atoms with van der Waals surface area (Å²) < 4.78 is 76.2. The first-order valence-corrected chi connectivity index (χ1v) is 14.3. The fourth-order valence-electron chi connectivity index (χ4n) is 3.71. The average molecular weight is 543 g/mol. The maximum absolute atomic E-state index is 11.8. The van der Waals surface area contributed by atoms with Crippen molar-refractivity contribution < 1.29 is 89.8 Å². The zero-order valence-electron chi connectivity index (χ0n) is 21.0. The number of ether oxygens (including phenoxy) is 1. The Hall–Kier alpha value is 0.0600. The molecular weight excluding hydrogens is 510 g/mol. The first kappa shape index (κ1) is 35.1. The Morgan fingerprint density at radius 2 is 1.17 bits per heavy atom. The number of hydrogen-bond acceptors (Lipinski definition) is 7.